The zero-order valence-electron chi connectivity index (χ0n) is 15.2. The molecule has 1 fully saturated rings. The first-order valence-corrected chi connectivity index (χ1v) is 9.64. The lowest BCUT2D eigenvalue weighted by atomic mass is 10.1. The molecule has 0 saturated carbocycles. The number of benzene rings is 2. The number of fused-ring (bicyclic) bond motifs is 1. The Morgan fingerprint density at radius 2 is 2.04 bits per heavy atom. The molecule has 2 aromatic carbocycles. The standard InChI is InChI=1S/C21H22ClN3O2/c1-24(19-11-8-14-5-2-3-6-16(14)19)21(27)23-18-13-15(9-10-17(18)22)25-12-4-7-20(25)26/h2-3,5-6,9-10,13,19H,4,7-8,11-12H2,1H3,(H,23,27). The van der Waals surface area contributed by atoms with Crippen molar-refractivity contribution in [3.8, 4) is 0 Å². The normalized spacial score (nSPS) is 18.5. The SMILES string of the molecule is CN(C(=O)Nc1cc(N2CCCC2=O)ccc1Cl)C1CCc2ccccc21. The molecule has 1 saturated heterocycles. The maximum absolute atomic E-state index is 12.8. The van der Waals surface area contributed by atoms with E-state index in [1.165, 1.54) is 11.1 Å². The first kappa shape index (κ1) is 17.9. The lowest BCUT2D eigenvalue weighted by Gasteiger charge is -2.26. The van der Waals surface area contributed by atoms with E-state index in [4.69, 9.17) is 11.6 Å². The molecule has 140 valence electrons. The number of nitrogens with one attached hydrogen (secondary N) is 1. The minimum absolute atomic E-state index is 0.0586. The summed E-state index contributed by atoms with van der Waals surface area (Å²) in [6, 6.07) is 13.4. The van der Waals surface area contributed by atoms with Crippen molar-refractivity contribution in [3.05, 3.63) is 58.6 Å². The molecule has 6 heteroatoms. The summed E-state index contributed by atoms with van der Waals surface area (Å²) in [4.78, 5) is 28.3. The second kappa shape index (κ2) is 7.24. The third kappa shape index (κ3) is 3.39. The van der Waals surface area contributed by atoms with Crippen molar-refractivity contribution in [2.45, 2.75) is 31.7 Å². The van der Waals surface area contributed by atoms with Gasteiger partial charge in [0.15, 0.2) is 0 Å². The van der Waals surface area contributed by atoms with Crippen LogP contribution in [0.3, 0.4) is 0 Å². The lowest BCUT2D eigenvalue weighted by Crippen LogP contribution is -2.34. The average Bonchev–Trinajstić information content (AvgIpc) is 3.29. The maximum atomic E-state index is 12.8. The molecule has 2 aliphatic rings. The number of hydrogen-bond acceptors (Lipinski definition) is 2. The minimum atomic E-state index is -0.205. The second-order valence-electron chi connectivity index (χ2n) is 7.11. The molecule has 1 unspecified atom stereocenters. The Kier molecular flexibility index (Phi) is 4.79. The molecule has 0 radical (unpaired) electrons. The summed E-state index contributed by atoms with van der Waals surface area (Å²) in [6.07, 6.45) is 3.31. The van der Waals surface area contributed by atoms with Crippen molar-refractivity contribution in [3.63, 3.8) is 0 Å². The Bertz CT molecular complexity index is 899. The zero-order chi connectivity index (χ0) is 19.0. The van der Waals surface area contributed by atoms with Crippen LogP contribution in [0, 0.1) is 0 Å². The summed E-state index contributed by atoms with van der Waals surface area (Å²) in [5.41, 5.74) is 3.80. The predicted molar refractivity (Wildman–Crippen MR) is 107 cm³/mol. The van der Waals surface area contributed by atoms with Gasteiger partial charge in [-0.15, -0.1) is 0 Å². The maximum Gasteiger partial charge on any atom is 0.322 e. The smallest absolute Gasteiger partial charge is 0.321 e. The summed E-state index contributed by atoms with van der Waals surface area (Å²) >= 11 is 6.29. The van der Waals surface area contributed by atoms with Gasteiger partial charge in [0.1, 0.15) is 0 Å². The molecular formula is C21H22ClN3O2. The minimum Gasteiger partial charge on any atom is -0.321 e. The van der Waals surface area contributed by atoms with Crippen LogP contribution in [-0.2, 0) is 11.2 Å². The van der Waals surface area contributed by atoms with Gasteiger partial charge in [-0.1, -0.05) is 35.9 Å². The molecule has 0 aromatic heterocycles. The number of halogens is 1. The monoisotopic (exact) mass is 383 g/mol. The van der Waals surface area contributed by atoms with E-state index in [1.54, 1.807) is 21.9 Å². The molecule has 1 aliphatic carbocycles. The Balaban J connectivity index is 1.52. The zero-order valence-corrected chi connectivity index (χ0v) is 16.0. The summed E-state index contributed by atoms with van der Waals surface area (Å²) < 4.78 is 0. The number of nitrogens with zero attached hydrogens (tertiary/aromatic N) is 2. The van der Waals surface area contributed by atoms with Gasteiger partial charge in [0.25, 0.3) is 0 Å². The van der Waals surface area contributed by atoms with Crippen molar-refractivity contribution >= 4 is 34.9 Å². The summed E-state index contributed by atoms with van der Waals surface area (Å²) in [6.45, 7) is 0.701. The third-order valence-electron chi connectivity index (χ3n) is 5.47. The molecule has 27 heavy (non-hydrogen) atoms. The van der Waals surface area contributed by atoms with E-state index >= 15 is 0 Å². The summed E-state index contributed by atoms with van der Waals surface area (Å²) in [5, 5.41) is 3.37. The average molecular weight is 384 g/mol. The van der Waals surface area contributed by atoms with Gasteiger partial charge in [0, 0.05) is 25.7 Å². The van der Waals surface area contributed by atoms with Crippen LogP contribution in [-0.4, -0.2) is 30.4 Å². The highest BCUT2D eigenvalue weighted by molar-refractivity contribution is 6.33. The first-order chi connectivity index (χ1) is 13.0. The molecule has 2 aromatic rings. The predicted octanol–water partition coefficient (Wildman–Crippen LogP) is 4.62. The lowest BCUT2D eigenvalue weighted by molar-refractivity contribution is -0.117. The molecule has 0 spiro atoms. The second-order valence-corrected chi connectivity index (χ2v) is 7.51. The van der Waals surface area contributed by atoms with Gasteiger partial charge in [-0.2, -0.15) is 0 Å². The highest BCUT2D eigenvalue weighted by atomic mass is 35.5. The molecule has 3 amide bonds. The number of anilines is 2. The molecule has 1 heterocycles. The van der Waals surface area contributed by atoms with Crippen molar-refractivity contribution in [1.29, 1.82) is 0 Å². The van der Waals surface area contributed by atoms with Crippen LogP contribution in [0.5, 0.6) is 0 Å². The van der Waals surface area contributed by atoms with Gasteiger partial charge in [-0.3, -0.25) is 4.79 Å². The number of rotatable bonds is 3. The van der Waals surface area contributed by atoms with Crippen LogP contribution in [0.1, 0.15) is 36.4 Å². The molecular weight excluding hydrogens is 362 g/mol. The van der Waals surface area contributed by atoms with E-state index in [0.717, 1.165) is 24.9 Å². The van der Waals surface area contributed by atoms with Crippen LogP contribution < -0.4 is 10.2 Å². The quantitative estimate of drug-likeness (QED) is 0.840. The van der Waals surface area contributed by atoms with Crippen molar-refractivity contribution in [2.75, 3.05) is 23.8 Å². The topological polar surface area (TPSA) is 52.7 Å². The van der Waals surface area contributed by atoms with Gasteiger partial charge in [-0.05, 0) is 48.6 Å². The fourth-order valence-corrected chi connectivity index (χ4v) is 4.14. The van der Waals surface area contributed by atoms with E-state index in [9.17, 15) is 9.59 Å². The molecule has 0 bridgehead atoms. The summed E-state index contributed by atoms with van der Waals surface area (Å²) in [5.74, 6) is 0.106. The van der Waals surface area contributed by atoms with Crippen molar-refractivity contribution in [2.24, 2.45) is 0 Å². The number of carbonyl (C=O) groups excluding carboxylic acids is 2. The molecule has 1 aliphatic heterocycles. The number of amides is 3. The van der Waals surface area contributed by atoms with E-state index in [1.807, 2.05) is 25.2 Å². The van der Waals surface area contributed by atoms with E-state index in [0.29, 0.717) is 23.7 Å². The number of urea groups is 1. The van der Waals surface area contributed by atoms with Gasteiger partial charge < -0.3 is 15.1 Å². The highest BCUT2D eigenvalue weighted by Gasteiger charge is 2.29. The Hall–Kier alpha value is -2.53. The fourth-order valence-electron chi connectivity index (χ4n) is 3.98. The Morgan fingerprint density at radius 3 is 2.81 bits per heavy atom. The number of carbonyl (C=O) groups is 2. The van der Waals surface area contributed by atoms with Gasteiger partial charge in [-0.25, -0.2) is 4.79 Å². The number of aryl methyl sites for hydroxylation is 1. The van der Waals surface area contributed by atoms with Crippen LogP contribution in [0.4, 0.5) is 16.2 Å². The van der Waals surface area contributed by atoms with Crippen molar-refractivity contribution < 1.29 is 9.59 Å². The van der Waals surface area contributed by atoms with Gasteiger partial charge >= 0.3 is 6.03 Å². The van der Waals surface area contributed by atoms with E-state index in [-0.39, 0.29) is 18.0 Å². The largest absolute Gasteiger partial charge is 0.322 e. The molecule has 1 atom stereocenters. The van der Waals surface area contributed by atoms with Gasteiger partial charge in [0.2, 0.25) is 5.91 Å². The third-order valence-corrected chi connectivity index (χ3v) is 5.80. The molecule has 5 nitrogen and oxygen atoms in total. The molecule has 1 N–H and O–H groups in total. The first-order valence-electron chi connectivity index (χ1n) is 9.26. The highest BCUT2D eigenvalue weighted by Crippen LogP contribution is 2.36. The molecule has 4 rings (SSSR count). The van der Waals surface area contributed by atoms with Crippen LogP contribution in [0.2, 0.25) is 5.02 Å². The van der Waals surface area contributed by atoms with Crippen molar-refractivity contribution in [1.82, 2.24) is 4.90 Å². The Morgan fingerprint density at radius 1 is 1.22 bits per heavy atom. The van der Waals surface area contributed by atoms with E-state index < -0.39 is 0 Å². The van der Waals surface area contributed by atoms with Gasteiger partial charge in [0.05, 0.1) is 16.8 Å². The summed E-state index contributed by atoms with van der Waals surface area (Å²) in [7, 11) is 1.81. The van der Waals surface area contributed by atoms with Crippen LogP contribution >= 0.6 is 11.6 Å². The van der Waals surface area contributed by atoms with Crippen LogP contribution in [0.15, 0.2) is 42.5 Å². The van der Waals surface area contributed by atoms with E-state index in [2.05, 4.69) is 17.4 Å². The number of hydrogen-bond donors (Lipinski definition) is 1. The fraction of sp³-hybridized carbons (Fsp3) is 0.333. The Labute approximate surface area is 163 Å². The van der Waals surface area contributed by atoms with Crippen LogP contribution in [0.25, 0.3) is 0 Å².